The normalized spacial score (nSPS) is 11.8. The third-order valence-electron chi connectivity index (χ3n) is 2.47. The average Bonchev–Trinajstić information content (AvgIpc) is 2.37. The van der Waals surface area contributed by atoms with Crippen LogP contribution in [-0.2, 0) is 4.79 Å². The summed E-state index contributed by atoms with van der Waals surface area (Å²) in [6.07, 6.45) is 0. The van der Waals surface area contributed by atoms with Crippen molar-refractivity contribution in [3.8, 4) is 0 Å². The van der Waals surface area contributed by atoms with Crippen LogP contribution in [0.2, 0.25) is 0 Å². The molecule has 0 spiro atoms. The summed E-state index contributed by atoms with van der Waals surface area (Å²) >= 11 is 0. The van der Waals surface area contributed by atoms with E-state index in [4.69, 9.17) is 5.11 Å². The van der Waals surface area contributed by atoms with Gasteiger partial charge in [-0.05, 0) is 26.8 Å². The van der Waals surface area contributed by atoms with Gasteiger partial charge in [0.1, 0.15) is 6.04 Å². The second-order valence-electron chi connectivity index (χ2n) is 4.66. The van der Waals surface area contributed by atoms with Gasteiger partial charge in [-0.25, -0.2) is 9.78 Å². The molecule has 1 unspecified atom stereocenters. The highest BCUT2D eigenvalue weighted by molar-refractivity contribution is 5.88. The minimum atomic E-state index is -1.31. The molecule has 0 saturated heterocycles. The van der Waals surface area contributed by atoms with E-state index in [0.717, 1.165) is 12.1 Å². The molecule has 21 heavy (non-hydrogen) atoms. The summed E-state index contributed by atoms with van der Waals surface area (Å²) in [6, 6.07) is 1.17. The van der Waals surface area contributed by atoms with E-state index in [1.807, 2.05) is 0 Å². The molecule has 3 N–H and O–H groups in total. The minimum Gasteiger partial charge on any atom is -0.477 e. The van der Waals surface area contributed by atoms with Crippen LogP contribution in [0, 0.1) is 10.1 Å². The van der Waals surface area contributed by atoms with Gasteiger partial charge in [0.15, 0.2) is 5.69 Å². The number of hydrogen-bond acceptors (Lipinski definition) is 6. The lowest BCUT2D eigenvalue weighted by Gasteiger charge is -2.16. The molecule has 0 fully saturated rings. The highest BCUT2D eigenvalue weighted by Crippen LogP contribution is 2.22. The maximum absolute atomic E-state index is 11.8. The first-order valence-corrected chi connectivity index (χ1v) is 6.18. The monoisotopic (exact) mass is 296 g/mol. The van der Waals surface area contributed by atoms with Crippen molar-refractivity contribution >= 4 is 23.4 Å². The van der Waals surface area contributed by atoms with Gasteiger partial charge in [-0.2, -0.15) is 0 Å². The van der Waals surface area contributed by atoms with Crippen LogP contribution in [-0.4, -0.2) is 39.0 Å². The Morgan fingerprint density at radius 2 is 1.95 bits per heavy atom. The third kappa shape index (κ3) is 4.41. The molecule has 1 heterocycles. The predicted molar refractivity (Wildman–Crippen MR) is 74.2 cm³/mol. The number of nitrogens with zero attached hydrogens (tertiary/aromatic N) is 2. The van der Waals surface area contributed by atoms with Crippen molar-refractivity contribution in [1.29, 1.82) is 0 Å². The van der Waals surface area contributed by atoms with Crippen molar-refractivity contribution in [3.63, 3.8) is 0 Å². The molecule has 1 amide bonds. The summed E-state index contributed by atoms with van der Waals surface area (Å²) in [5.74, 6) is -1.94. The van der Waals surface area contributed by atoms with E-state index in [0.29, 0.717) is 0 Å². The van der Waals surface area contributed by atoms with Crippen LogP contribution < -0.4 is 10.6 Å². The van der Waals surface area contributed by atoms with Gasteiger partial charge in [0.25, 0.3) is 0 Å². The number of aromatic carboxylic acids is 1. The second kappa shape index (κ2) is 6.64. The maximum Gasteiger partial charge on any atom is 0.354 e. The number of nitro groups is 1. The summed E-state index contributed by atoms with van der Waals surface area (Å²) < 4.78 is 0. The number of carbonyl (C=O) groups excluding carboxylic acids is 1. The van der Waals surface area contributed by atoms with Gasteiger partial charge in [-0.15, -0.1) is 0 Å². The number of anilines is 1. The van der Waals surface area contributed by atoms with E-state index in [1.54, 1.807) is 13.8 Å². The molecule has 1 aromatic heterocycles. The Morgan fingerprint density at radius 3 is 2.43 bits per heavy atom. The fourth-order valence-corrected chi connectivity index (χ4v) is 1.50. The molecule has 9 heteroatoms. The first kappa shape index (κ1) is 16.3. The summed E-state index contributed by atoms with van der Waals surface area (Å²) in [5, 5.41) is 25.0. The van der Waals surface area contributed by atoms with Crippen molar-refractivity contribution in [3.05, 3.63) is 27.9 Å². The number of hydrogen-bond donors (Lipinski definition) is 3. The minimum absolute atomic E-state index is 0.0879. The maximum atomic E-state index is 11.8. The van der Waals surface area contributed by atoms with E-state index >= 15 is 0 Å². The zero-order chi connectivity index (χ0) is 16.2. The van der Waals surface area contributed by atoms with Gasteiger partial charge in [-0.3, -0.25) is 14.9 Å². The SMILES string of the molecule is CC(C)NC(=O)C(C)Nc1nc(C(=O)O)ccc1[N+](=O)[O-]. The van der Waals surface area contributed by atoms with Gasteiger partial charge in [0.2, 0.25) is 11.7 Å². The van der Waals surface area contributed by atoms with Crippen molar-refractivity contribution in [2.45, 2.75) is 32.9 Å². The van der Waals surface area contributed by atoms with Crippen LogP contribution >= 0.6 is 0 Å². The van der Waals surface area contributed by atoms with E-state index in [2.05, 4.69) is 15.6 Å². The van der Waals surface area contributed by atoms with Crippen LogP contribution in [0.15, 0.2) is 12.1 Å². The number of pyridine rings is 1. The number of amides is 1. The highest BCUT2D eigenvalue weighted by atomic mass is 16.6. The fourth-order valence-electron chi connectivity index (χ4n) is 1.50. The molecule has 1 atom stereocenters. The third-order valence-corrected chi connectivity index (χ3v) is 2.47. The summed E-state index contributed by atoms with van der Waals surface area (Å²) in [5.41, 5.74) is -0.747. The molecule has 1 aromatic rings. The number of carboxylic acids is 1. The van der Waals surface area contributed by atoms with Crippen molar-refractivity contribution in [1.82, 2.24) is 10.3 Å². The molecule has 1 rings (SSSR count). The van der Waals surface area contributed by atoms with Crippen molar-refractivity contribution < 1.29 is 19.6 Å². The van der Waals surface area contributed by atoms with E-state index < -0.39 is 22.6 Å². The molecule has 114 valence electrons. The topological polar surface area (TPSA) is 134 Å². The molecule has 9 nitrogen and oxygen atoms in total. The molecule has 0 aliphatic carbocycles. The van der Waals surface area contributed by atoms with Crippen molar-refractivity contribution in [2.75, 3.05) is 5.32 Å². The molecular formula is C12H16N4O5. The molecule has 0 saturated carbocycles. The van der Waals surface area contributed by atoms with Crippen LogP contribution in [0.25, 0.3) is 0 Å². The van der Waals surface area contributed by atoms with Gasteiger partial charge < -0.3 is 15.7 Å². The standard InChI is InChI=1S/C12H16N4O5/c1-6(2)13-11(17)7(3)14-10-9(16(20)21)5-4-8(15-10)12(18)19/h4-7H,1-3H3,(H,13,17)(H,14,15)(H,18,19). The van der Waals surface area contributed by atoms with E-state index in [-0.39, 0.29) is 23.5 Å². The lowest BCUT2D eigenvalue weighted by Crippen LogP contribution is -2.41. The molecule has 0 aliphatic rings. The molecule has 0 radical (unpaired) electrons. The quantitative estimate of drug-likeness (QED) is 0.526. The number of aromatic nitrogens is 1. The van der Waals surface area contributed by atoms with Crippen molar-refractivity contribution in [2.24, 2.45) is 0 Å². The Bertz CT molecular complexity index is 573. The Hall–Kier alpha value is -2.71. The van der Waals surface area contributed by atoms with Gasteiger partial charge in [0.05, 0.1) is 4.92 Å². The largest absolute Gasteiger partial charge is 0.477 e. The summed E-state index contributed by atoms with van der Waals surface area (Å²) in [7, 11) is 0. The van der Waals surface area contributed by atoms with Crippen LogP contribution in [0.4, 0.5) is 11.5 Å². The van der Waals surface area contributed by atoms with Gasteiger partial charge in [-0.1, -0.05) is 0 Å². The fraction of sp³-hybridized carbons (Fsp3) is 0.417. The van der Waals surface area contributed by atoms with Gasteiger partial charge in [0, 0.05) is 12.1 Å². The first-order chi connectivity index (χ1) is 9.72. The Balaban J connectivity index is 3.04. The second-order valence-corrected chi connectivity index (χ2v) is 4.66. The number of carbonyl (C=O) groups is 2. The molecular weight excluding hydrogens is 280 g/mol. The predicted octanol–water partition coefficient (Wildman–Crippen LogP) is 1.01. The van der Waals surface area contributed by atoms with E-state index in [1.165, 1.54) is 6.92 Å². The number of carboxylic acid groups (broad SMARTS) is 1. The zero-order valence-corrected chi connectivity index (χ0v) is 11.8. The smallest absolute Gasteiger partial charge is 0.354 e. The summed E-state index contributed by atoms with van der Waals surface area (Å²) in [4.78, 5) is 36.5. The molecule has 0 aliphatic heterocycles. The van der Waals surface area contributed by atoms with Crippen LogP contribution in [0.3, 0.4) is 0 Å². The molecule has 0 bridgehead atoms. The Labute approximate surface area is 120 Å². The van der Waals surface area contributed by atoms with Crippen LogP contribution in [0.1, 0.15) is 31.3 Å². The zero-order valence-electron chi connectivity index (χ0n) is 11.8. The number of rotatable bonds is 6. The van der Waals surface area contributed by atoms with Crippen LogP contribution in [0.5, 0.6) is 0 Å². The summed E-state index contributed by atoms with van der Waals surface area (Å²) in [6.45, 7) is 5.04. The highest BCUT2D eigenvalue weighted by Gasteiger charge is 2.22. The number of nitrogens with one attached hydrogen (secondary N) is 2. The average molecular weight is 296 g/mol. The Morgan fingerprint density at radius 1 is 1.33 bits per heavy atom. The Kier molecular flexibility index (Phi) is 5.17. The lowest BCUT2D eigenvalue weighted by molar-refractivity contribution is -0.384. The molecule has 0 aromatic carbocycles. The first-order valence-electron chi connectivity index (χ1n) is 6.18. The van der Waals surface area contributed by atoms with E-state index in [9.17, 15) is 19.7 Å². The lowest BCUT2D eigenvalue weighted by atomic mass is 10.2. The van der Waals surface area contributed by atoms with Gasteiger partial charge >= 0.3 is 11.7 Å².